The van der Waals surface area contributed by atoms with Gasteiger partial charge in [-0.25, -0.2) is 4.79 Å². The second kappa shape index (κ2) is 11.1. The minimum absolute atomic E-state index is 0.186. The third kappa shape index (κ3) is 6.62. The largest absolute Gasteiger partial charge is 0.479 e. The highest BCUT2D eigenvalue weighted by atomic mass is 16.7. The van der Waals surface area contributed by atoms with Gasteiger partial charge in [0, 0.05) is 11.1 Å². The first-order valence-corrected chi connectivity index (χ1v) is 12.8. The molecule has 188 valence electrons. The molecule has 0 aliphatic carbocycles. The molecule has 1 N–H and O–H groups in total. The van der Waals surface area contributed by atoms with Crippen molar-refractivity contribution in [2.75, 3.05) is 0 Å². The molecule has 35 heavy (non-hydrogen) atoms. The molecule has 1 saturated heterocycles. The Balaban J connectivity index is 1.86. The van der Waals surface area contributed by atoms with Gasteiger partial charge in [-0.1, -0.05) is 87.4 Å². The van der Waals surface area contributed by atoms with Gasteiger partial charge in [-0.15, -0.1) is 0 Å². The maximum Gasteiger partial charge on any atom is 0.457 e. The van der Waals surface area contributed by atoms with E-state index in [1.54, 1.807) is 0 Å². The van der Waals surface area contributed by atoms with Gasteiger partial charge in [0.25, 0.3) is 0 Å². The van der Waals surface area contributed by atoms with E-state index in [0.717, 1.165) is 36.0 Å². The standard InChI is InChI=1S/C29H40BNO4/c1-22(2)21-29(26(32)33,19-13-14-20-30-34-27(3,4)28(5,6)35-30)31-25(23-15-9-7-10-16-23)24-17-11-8-12-18-24/h7-12,15-18,22H,13-14,19-21H2,1-6H3,(H,32,33). The van der Waals surface area contributed by atoms with E-state index in [1.807, 2.05) is 60.7 Å². The maximum absolute atomic E-state index is 12.8. The number of hydrogen-bond donors (Lipinski definition) is 1. The summed E-state index contributed by atoms with van der Waals surface area (Å²) < 4.78 is 12.2. The zero-order valence-electron chi connectivity index (χ0n) is 22.1. The number of carboxylic acid groups (broad SMARTS) is 1. The predicted molar refractivity (Wildman–Crippen MR) is 143 cm³/mol. The first-order chi connectivity index (χ1) is 16.5. The Morgan fingerprint density at radius 3 is 1.83 bits per heavy atom. The fraction of sp³-hybridized carbons (Fsp3) is 0.517. The number of nitrogens with zero attached hydrogens (tertiary/aromatic N) is 1. The Labute approximate surface area is 211 Å². The quantitative estimate of drug-likeness (QED) is 0.223. The number of benzene rings is 2. The maximum atomic E-state index is 12.8. The molecule has 5 nitrogen and oxygen atoms in total. The van der Waals surface area contributed by atoms with Crippen LogP contribution in [-0.4, -0.2) is 40.6 Å². The first kappa shape index (κ1) is 27.2. The lowest BCUT2D eigenvalue weighted by Gasteiger charge is -2.32. The van der Waals surface area contributed by atoms with Crippen LogP contribution >= 0.6 is 0 Å². The van der Waals surface area contributed by atoms with Crippen molar-refractivity contribution in [3.05, 3.63) is 71.8 Å². The van der Waals surface area contributed by atoms with E-state index in [4.69, 9.17) is 14.3 Å². The Morgan fingerprint density at radius 1 is 0.914 bits per heavy atom. The van der Waals surface area contributed by atoms with Crippen LogP contribution in [0, 0.1) is 5.92 Å². The third-order valence-electron chi connectivity index (χ3n) is 7.15. The van der Waals surface area contributed by atoms with E-state index >= 15 is 0 Å². The number of carbonyl (C=O) groups is 1. The summed E-state index contributed by atoms with van der Waals surface area (Å²) >= 11 is 0. The summed E-state index contributed by atoms with van der Waals surface area (Å²) in [6.07, 6.45) is 3.21. The van der Waals surface area contributed by atoms with Gasteiger partial charge in [0.15, 0.2) is 5.54 Å². The van der Waals surface area contributed by atoms with Gasteiger partial charge in [-0.05, 0) is 52.8 Å². The van der Waals surface area contributed by atoms with Crippen LogP contribution in [0.15, 0.2) is 65.7 Å². The summed E-state index contributed by atoms with van der Waals surface area (Å²) in [5, 5.41) is 10.5. The van der Waals surface area contributed by atoms with Crippen molar-refractivity contribution in [2.45, 2.75) is 90.3 Å². The van der Waals surface area contributed by atoms with Crippen LogP contribution in [0.1, 0.15) is 78.4 Å². The first-order valence-electron chi connectivity index (χ1n) is 12.8. The monoisotopic (exact) mass is 477 g/mol. The molecule has 0 bridgehead atoms. The highest BCUT2D eigenvalue weighted by Crippen LogP contribution is 2.38. The smallest absolute Gasteiger partial charge is 0.457 e. The van der Waals surface area contributed by atoms with Crippen LogP contribution in [0.3, 0.4) is 0 Å². The average molecular weight is 477 g/mol. The van der Waals surface area contributed by atoms with Crippen molar-refractivity contribution < 1.29 is 19.2 Å². The molecular formula is C29H40BNO4. The topological polar surface area (TPSA) is 68.1 Å². The average Bonchev–Trinajstić information content (AvgIpc) is 3.01. The molecule has 2 aromatic carbocycles. The predicted octanol–water partition coefficient (Wildman–Crippen LogP) is 6.66. The lowest BCUT2D eigenvalue weighted by Crippen LogP contribution is -2.41. The summed E-state index contributed by atoms with van der Waals surface area (Å²) in [4.78, 5) is 17.9. The normalized spacial score (nSPS) is 18.3. The second-order valence-electron chi connectivity index (χ2n) is 11.1. The molecule has 1 aliphatic rings. The van der Waals surface area contributed by atoms with Gasteiger partial charge >= 0.3 is 13.1 Å². The summed E-state index contributed by atoms with van der Waals surface area (Å²) in [5.41, 5.74) is 0.649. The molecule has 1 aliphatic heterocycles. The molecule has 1 unspecified atom stereocenters. The van der Waals surface area contributed by atoms with E-state index in [-0.39, 0.29) is 24.2 Å². The SMILES string of the molecule is CC(C)CC(CCCCB1OC(C)(C)C(C)(C)O1)(N=C(c1ccccc1)c1ccccc1)C(=O)O. The zero-order chi connectivity index (χ0) is 25.7. The van der Waals surface area contributed by atoms with E-state index in [2.05, 4.69) is 41.5 Å². The van der Waals surface area contributed by atoms with Crippen LogP contribution in [0.25, 0.3) is 0 Å². The van der Waals surface area contributed by atoms with Crippen LogP contribution in [0.5, 0.6) is 0 Å². The van der Waals surface area contributed by atoms with E-state index < -0.39 is 11.5 Å². The van der Waals surface area contributed by atoms with E-state index in [9.17, 15) is 9.90 Å². The molecule has 1 fully saturated rings. The molecule has 0 saturated carbocycles. The summed E-state index contributed by atoms with van der Waals surface area (Å²) in [7, 11) is -0.267. The number of unbranched alkanes of at least 4 members (excludes halogenated alkanes) is 1. The molecule has 6 heteroatoms. The van der Waals surface area contributed by atoms with Crippen molar-refractivity contribution in [3.8, 4) is 0 Å². The highest BCUT2D eigenvalue weighted by molar-refractivity contribution is 6.45. The number of rotatable bonds is 11. The summed E-state index contributed by atoms with van der Waals surface area (Å²) in [6, 6.07) is 19.7. The van der Waals surface area contributed by atoms with Crippen molar-refractivity contribution >= 4 is 18.8 Å². The van der Waals surface area contributed by atoms with Crippen LogP contribution in [-0.2, 0) is 14.1 Å². The Kier molecular flexibility index (Phi) is 8.61. The second-order valence-corrected chi connectivity index (χ2v) is 11.1. The molecule has 0 aromatic heterocycles. The lowest BCUT2D eigenvalue weighted by atomic mass is 9.79. The molecule has 2 aromatic rings. The molecule has 0 radical (unpaired) electrons. The molecular weight excluding hydrogens is 437 g/mol. The Hall–Kier alpha value is -2.44. The Bertz CT molecular complexity index is 946. The van der Waals surface area contributed by atoms with Gasteiger partial charge in [0.1, 0.15) is 0 Å². The van der Waals surface area contributed by atoms with Crippen LogP contribution in [0.2, 0.25) is 6.32 Å². The van der Waals surface area contributed by atoms with Gasteiger partial charge < -0.3 is 14.4 Å². The van der Waals surface area contributed by atoms with Gasteiger partial charge in [-0.3, -0.25) is 4.99 Å². The molecule has 0 amide bonds. The number of hydrogen-bond acceptors (Lipinski definition) is 4. The van der Waals surface area contributed by atoms with Crippen LogP contribution < -0.4 is 0 Å². The zero-order valence-corrected chi connectivity index (χ0v) is 22.1. The lowest BCUT2D eigenvalue weighted by molar-refractivity contribution is -0.144. The van der Waals surface area contributed by atoms with Gasteiger partial charge in [0.2, 0.25) is 0 Å². The summed E-state index contributed by atoms with van der Waals surface area (Å²) in [6.45, 7) is 12.3. The van der Waals surface area contributed by atoms with Crippen molar-refractivity contribution in [2.24, 2.45) is 10.9 Å². The number of aliphatic carboxylic acids is 1. The highest BCUT2D eigenvalue weighted by Gasteiger charge is 2.50. The van der Waals surface area contributed by atoms with E-state index in [1.165, 1.54) is 0 Å². The fourth-order valence-corrected chi connectivity index (χ4v) is 4.63. The van der Waals surface area contributed by atoms with E-state index in [0.29, 0.717) is 12.8 Å². The number of aliphatic imine (C=N–C) groups is 1. The molecule has 1 atom stereocenters. The Morgan fingerprint density at radius 2 is 1.40 bits per heavy atom. The van der Waals surface area contributed by atoms with Crippen molar-refractivity contribution in [3.63, 3.8) is 0 Å². The van der Waals surface area contributed by atoms with Crippen molar-refractivity contribution in [1.82, 2.24) is 0 Å². The molecule has 3 rings (SSSR count). The summed E-state index contributed by atoms with van der Waals surface area (Å²) in [5.74, 6) is -0.683. The van der Waals surface area contributed by atoms with Gasteiger partial charge in [-0.2, -0.15) is 0 Å². The van der Waals surface area contributed by atoms with Crippen LogP contribution in [0.4, 0.5) is 0 Å². The minimum Gasteiger partial charge on any atom is -0.479 e. The van der Waals surface area contributed by atoms with Gasteiger partial charge in [0.05, 0.1) is 16.9 Å². The molecule has 1 heterocycles. The molecule has 0 spiro atoms. The number of carboxylic acids is 1. The minimum atomic E-state index is -1.20. The third-order valence-corrected chi connectivity index (χ3v) is 7.15. The van der Waals surface area contributed by atoms with Crippen molar-refractivity contribution in [1.29, 1.82) is 0 Å². The fourth-order valence-electron chi connectivity index (χ4n) is 4.63.